The first-order valence-electron chi connectivity index (χ1n) is 11.5. The maximum absolute atomic E-state index is 11.1. The minimum Gasteiger partial charge on any atom is -0.481 e. The summed E-state index contributed by atoms with van der Waals surface area (Å²) in [6.07, 6.45) is 1.49. The van der Waals surface area contributed by atoms with Gasteiger partial charge < -0.3 is 9.63 Å². The van der Waals surface area contributed by atoms with Crippen molar-refractivity contribution in [1.29, 1.82) is 0 Å². The number of aliphatic carboxylic acids is 1. The van der Waals surface area contributed by atoms with E-state index >= 15 is 0 Å². The second kappa shape index (κ2) is 8.18. The van der Waals surface area contributed by atoms with Crippen LogP contribution in [0.2, 0.25) is 0 Å². The zero-order chi connectivity index (χ0) is 23.4. The van der Waals surface area contributed by atoms with E-state index in [1.807, 2.05) is 6.07 Å². The molecule has 6 nitrogen and oxygen atoms in total. The van der Waals surface area contributed by atoms with Gasteiger partial charge in [0.15, 0.2) is 0 Å². The monoisotopic (exact) mass is 471 g/mol. The first kappa shape index (κ1) is 21.3. The highest BCUT2D eigenvalue weighted by Gasteiger charge is 2.39. The Labute approximate surface area is 201 Å². The number of carboxylic acid groups (broad SMARTS) is 1. The van der Waals surface area contributed by atoms with Gasteiger partial charge in [0.05, 0.1) is 5.92 Å². The van der Waals surface area contributed by atoms with Crippen molar-refractivity contribution in [3.63, 3.8) is 0 Å². The van der Waals surface area contributed by atoms with Crippen molar-refractivity contribution < 1.29 is 14.4 Å². The Morgan fingerprint density at radius 1 is 1.03 bits per heavy atom. The molecular formula is C27H25N3O3S. The highest BCUT2D eigenvalue weighted by Crippen LogP contribution is 2.38. The predicted molar refractivity (Wildman–Crippen MR) is 131 cm³/mol. The third-order valence-electron chi connectivity index (χ3n) is 7.21. The van der Waals surface area contributed by atoms with E-state index in [-0.39, 0.29) is 5.92 Å². The molecule has 0 unspecified atom stereocenters. The standard InChI is InChI=1S/C27H25N3O3S/c1-15-7-20(8-16(2)24(15)19-5-6-34-14-19)26-28-25(29-33-26)17-3-4-18-12-30(13-22(18)9-17)23-10-21(11-23)27(31)32/h3-9,14,21,23H,10-13H2,1-2H3,(H,31,32). The average molecular weight is 472 g/mol. The molecule has 1 aliphatic heterocycles. The fraction of sp³-hybridized carbons (Fsp3) is 0.296. The van der Waals surface area contributed by atoms with Gasteiger partial charge in [0.2, 0.25) is 5.82 Å². The summed E-state index contributed by atoms with van der Waals surface area (Å²) < 4.78 is 5.66. The second-order valence-corrected chi connectivity index (χ2v) is 10.2. The molecule has 0 saturated heterocycles. The summed E-state index contributed by atoms with van der Waals surface area (Å²) in [5.74, 6) is 0.251. The van der Waals surface area contributed by atoms with Gasteiger partial charge in [-0.2, -0.15) is 16.3 Å². The van der Waals surface area contributed by atoms with E-state index in [4.69, 9.17) is 14.6 Å². The van der Waals surface area contributed by atoms with Gasteiger partial charge in [0.1, 0.15) is 0 Å². The van der Waals surface area contributed by atoms with Crippen molar-refractivity contribution in [3.05, 3.63) is 69.4 Å². The van der Waals surface area contributed by atoms with Crippen LogP contribution in [0.4, 0.5) is 0 Å². The van der Waals surface area contributed by atoms with Crippen molar-refractivity contribution in [2.45, 2.75) is 45.8 Å². The van der Waals surface area contributed by atoms with Crippen molar-refractivity contribution >= 4 is 17.3 Å². The van der Waals surface area contributed by atoms with Gasteiger partial charge in [0.25, 0.3) is 5.89 Å². The van der Waals surface area contributed by atoms with E-state index in [0.717, 1.165) is 37.1 Å². The van der Waals surface area contributed by atoms with Gasteiger partial charge in [-0.15, -0.1) is 0 Å². The molecule has 4 aromatic rings. The number of hydrogen-bond donors (Lipinski definition) is 1. The molecule has 0 atom stereocenters. The van der Waals surface area contributed by atoms with Gasteiger partial charge in [-0.25, -0.2) is 0 Å². The quantitative estimate of drug-likeness (QED) is 0.389. The number of thiophene rings is 1. The molecular weight excluding hydrogens is 446 g/mol. The minimum absolute atomic E-state index is 0.186. The molecule has 2 aliphatic rings. The second-order valence-electron chi connectivity index (χ2n) is 9.47. The summed E-state index contributed by atoms with van der Waals surface area (Å²) in [6, 6.07) is 13.1. The highest BCUT2D eigenvalue weighted by atomic mass is 32.1. The average Bonchev–Trinajstić information content (AvgIpc) is 3.52. The molecule has 6 rings (SSSR count). The predicted octanol–water partition coefficient (Wildman–Crippen LogP) is 5.93. The van der Waals surface area contributed by atoms with Gasteiger partial charge in [-0.1, -0.05) is 17.3 Å². The number of carboxylic acids is 1. The lowest BCUT2D eigenvalue weighted by Crippen LogP contribution is -2.44. The van der Waals surface area contributed by atoms with E-state index in [2.05, 4.69) is 65.0 Å². The van der Waals surface area contributed by atoms with Crippen LogP contribution in [0, 0.1) is 19.8 Å². The van der Waals surface area contributed by atoms with Gasteiger partial charge in [-0.3, -0.25) is 9.69 Å². The van der Waals surface area contributed by atoms with E-state index < -0.39 is 5.97 Å². The molecule has 0 radical (unpaired) electrons. The van der Waals surface area contributed by atoms with Crippen LogP contribution in [-0.4, -0.2) is 32.2 Å². The lowest BCUT2D eigenvalue weighted by molar-refractivity contribution is -0.147. The van der Waals surface area contributed by atoms with Crippen LogP contribution in [-0.2, 0) is 17.9 Å². The molecule has 34 heavy (non-hydrogen) atoms. The van der Waals surface area contributed by atoms with Crippen molar-refractivity contribution in [2.75, 3.05) is 0 Å². The number of nitrogens with zero attached hydrogens (tertiary/aromatic N) is 3. The zero-order valence-electron chi connectivity index (χ0n) is 19.1. The molecule has 0 bridgehead atoms. The largest absolute Gasteiger partial charge is 0.481 e. The summed E-state index contributed by atoms with van der Waals surface area (Å²) in [5.41, 5.74) is 9.29. The van der Waals surface area contributed by atoms with Crippen LogP contribution >= 0.6 is 11.3 Å². The molecule has 0 spiro atoms. The van der Waals surface area contributed by atoms with E-state index in [1.165, 1.54) is 33.4 Å². The smallest absolute Gasteiger partial charge is 0.306 e. The lowest BCUT2D eigenvalue weighted by atomic mass is 9.79. The van der Waals surface area contributed by atoms with E-state index in [0.29, 0.717) is 17.8 Å². The van der Waals surface area contributed by atoms with E-state index in [9.17, 15) is 4.79 Å². The molecule has 3 heterocycles. The molecule has 0 amide bonds. The number of hydrogen-bond acceptors (Lipinski definition) is 6. The van der Waals surface area contributed by atoms with Crippen LogP contribution in [0.15, 0.2) is 51.7 Å². The number of carbonyl (C=O) groups is 1. The summed E-state index contributed by atoms with van der Waals surface area (Å²) in [6.45, 7) is 5.95. The first-order chi connectivity index (χ1) is 16.5. The Morgan fingerprint density at radius 3 is 2.50 bits per heavy atom. The van der Waals surface area contributed by atoms with Crippen LogP contribution < -0.4 is 0 Å². The molecule has 1 aliphatic carbocycles. The molecule has 2 aromatic heterocycles. The van der Waals surface area contributed by atoms with Crippen molar-refractivity contribution in [2.24, 2.45) is 5.92 Å². The van der Waals surface area contributed by atoms with Crippen LogP contribution in [0.5, 0.6) is 0 Å². The third-order valence-corrected chi connectivity index (χ3v) is 7.89. The zero-order valence-corrected chi connectivity index (χ0v) is 19.9. The highest BCUT2D eigenvalue weighted by molar-refractivity contribution is 7.08. The number of rotatable bonds is 5. The molecule has 1 N–H and O–H groups in total. The van der Waals surface area contributed by atoms with Gasteiger partial charge >= 0.3 is 5.97 Å². The number of benzene rings is 2. The van der Waals surface area contributed by atoms with Gasteiger partial charge in [-0.05, 0) is 95.1 Å². The Kier molecular flexibility index (Phi) is 5.12. The minimum atomic E-state index is -0.672. The molecule has 1 fully saturated rings. The molecule has 2 aromatic carbocycles. The van der Waals surface area contributed by atoms with E-state index in [1.54, 1.807) is 11.3 Å². The number of aryl methyl sites for hydroxylation is 2. The maximum atomic E-state index is 11.1. The SMILES string of the molecule is Cc1cc(-c2nc(-c3ccc4c(c3)CN(C3CC(C(=O)O)C3)C4)no2)cc(C)c1-c1ccsc1. The Bertz CT molecular complexity index is 1360. The molecule has 7 heteroatoms. The van der Waals surface area contributed by atoms with Crippen LogP contribution in [0.25, 0.3) is 34.0 Å². The maximum Gasteiger partial charge on any atom is 0.306 e. The van der Waals surface area contributed by atoms with Crippen molar-refractivity contribution in [3.8, 4) is 34.0 Å². The summed E-state index contributed by atoms with van der Waals surface area (Å²) >= 11 is 1.70. The fourth-order valence-corrected chi connectivity index (χ4v) is 5.96. The Hall–Kier alpha value is -3.29. The lowest BCUT2D eigenvalue weighted by Gasteiger charge is -2.39. The van der Waals surface area contributed by atoms with Gasteiger partial charge in [0, 0.05) is 30.3 Å². The fourth-order valence-electron chi connectivity index (χ4n) is 5.31. The summed E-state index contributed by atoms with van der Waals surface area (Å²) in [4.78, 5) is 18.2. The van der Waals surface area contributed by atoms with Crippen LogP contribution in [0.1, 0.15) is 35.1 Å². The van der Waals surface area contributed by atoms with Crippen molar-refractivity contribution in [1.82, 2.24) is 15.0 Å². The topological polar surface area (TPSA) is 79.5 Å². The number of fused-ring (bicyclic) bond motifs is 1. The first-order valence-corrected chi connectivity index (χ1v) is 12.5. The summed E-state index contributed by atoms with van der Waals surface area (Å²) in [5, 5.41) is 17.7. The van der Waals surface area contributed by atoms with Crippen LogP contribution in [0.3, 0.4) is 0 Å². The molecule has 1 saturated carbocycles. The molecule has 172 valence electrons. The Balaban J connectivity index is 1.22. The number of aromatic nitrogens is 2. The normalized spacial score (nSPS) is 19.7. The summed E-state index contributed by atoms with van der Waals surface area (Å²) in [7, 11) is 0. The Morgan fingerprint density at radius 2 is 1.79 bits per heavy atom. The third kappa shape index (κ3) is 3.65.